The van der Waals surface area contributed by atoms with Gasteiger partial charge in [-0.05, 0) is 29.9 Å². The van der Waals surface area contributed by atoms with E-state index in [1.807, 2.05) is 23.1 Å². The zero-order chi connectivity index (χ0) is 14.0. The Morgan fingerprint density at radius 2 is 1.95 bits per heavy atom. The molecule has 0 saturated heterocycles. The maximum Gasteiger partial charge on any atom is 0.254 e. The molecule has 0 spiro atoms. The highest BCUT2D eigenvalue weighted by Gasteiger charge is 2.34. The average Bonchev–Trinajstić information content (AvgIpc) is 3.18. The second kappa shape index (κ2) is 5.54. The maximum absolute atomic E-state index is 12.8. The average molecular weight is 280 g/mol. The van der Waals surface area contributed by atoms with Gasteiger partial charge in [0.2, 0.25) is 0 Å². The van der Waals surface area contributed by atoms with Gasteiger partial charge in [0, 0.05) is 24.0 Å². The molecule has 0 aliphatic heterocycles. The lowest BCUT2D eigenvalue weighted by molar-refractivity contribution is 0.0751. The predicted octanol–water partition coefficient (Wildman–Crippen LogP) is 3.83. The summed E-state index contributed by atoms with van der Waals surface area (Å²) in [4.78, 5) is 14.7. The molecule has 0 heterocycles. The van der Waals surface area contributed by atoms with E-state index in [4.69, 9.17) is 11.6 Å². The van der Waals surface area contributed by atoms with Crippen molar-refractivity contribution in [1.29, 1.82) is 0 Å². The minimum absolute atomic E-state index is 0.0254. The minimum atomic E-state index is -0.0254. The number of alkyl halides is 1. The lowest BCUT2D eigenvalue weighted by atomic mass is 9.83. The molecule has 0 N–H and O–H groups in total. The molecule has 2 rings (SSSR count). The monoisotopic (exact) mass is 279 g/mol. The number of benzene rings is 1. The maximum atomic E-state index is 12.8. The number of halogens is 1. The fourth-order valence-electron chi connectivity index (χ4n) is 2.41. The number of amides is 1. The van der Waals surface area contributed by atoms with E-state index < -0.39 is 0 Å². The second-order valence-electron chi connectivity index (χ2n) is 6.21. The van der Waals surface area contributed by atoms with Crippen LogP contribution in [-0.2, 0) is 5.41 Å². The van der Waals surface area contributed by atoms with Crippen molar-refractivity contribution < 1.29 is 4.79 Å². The lowest BCUT2D eigenvalue weighted by Gasteiger charge is -2.27. The molecule has 104 valence electrons. The van der Waals surface area contributed by atoms with Crippen LogP contribution >= 0.6 is 11.6 Å². The summed E-state index contributed by atoms with van der Waals surface area (Å²) in [5.41, 5.74) is 1.91. The summed E-state index contributed by atoms with van der Waals surface area (Å²) in [6, 6.07) is 8.33. The number of carbonyl (C=O) groups excluding carboxylic acids is 1. The van der Waals surface area contributed by atoms with E-state index in [1.165, 1.54) is 0 Å². The van der Waals surface area contributed by atoms with E-state index in [0.29, 0.717) is 18.5 Å². The van der Waals surface area contributed by atoms with Crippen molar-refractivity contribution in [3.63, 3.8) is 0 Å². The molecule has 0 aromatic heterocycles. The molecular weight excluding hydrogens is 258 g/mol. The Balaban J connectivity index is 2.32. The molecule has 1 aliphatic carbocycles. The first-order valence-corrected chi connectivity index (χ1v) is 7.45. The van der Waals surface area contributed by atoms with Crippen molar-refractivity contribution in [1.82, 2.24) is 4.90 Å². The third-order valence-electron chi connectivity index (χ3n) is 3.54. The normalized spacial score (nSPS) is 15.4. The van der Waals surface area contributed by atoms with Gasteiger partial charge >= 0.3 is 0 Å². The second-order valence-corrected chi connectivity index (χ2v) is 6.59. The highest BCUT2D eigenvalue weighted by molar-refractivity contribution is 6.18. The standard InChI is InChI=1S/C16H22ClNO/c1-16(2,3)14-7-5-4-6-13(14)15(19)18(11-10-17)12-8-9-12/h4-7,12H,8-11H2,1-3H3. The quantitative estimate of drug-likeness (QED) is 0.767. The largest absolute Gasteiger partial charge is 0.334 e. The van der Waals surface area contributed by atoms with Crippen LogP contribution in [0.5, 0.6) is 0 Å². The molecule has 1 aliphatic rings. The molecule has 0 atom stereocenters. The summed E-state index contributed by atoms with van der Waals surface area (Å²) < 4.78 is 0. The van der Waals surface area contributed by atoms with Crippen molar-refractivity contribution in [2.75, 3.05) is 12.4 Å². The Morgan fingerprint density at radius 3 is 2.47 bits per heavy atom. The van der Waals surface area contributed by atoms with Gasteiger partial charge in [-0.15, -0.1) is 11.6 Å². The molecular formula is C16H22ClNO. The Morgan fingerprint density at radius 1 is 1.32 bits per heavy atom. The minimum Gasteiger partial charge on any atom is -0.334 e. The van der Waals surface area contributed by atoms with Crippen LogP contribution in [0.1, 0.15) is 49.5 Å². The van der Waals surface area contributed by atoms with Gasteiger partial charge < -0.3 is 4.90 Å². The number of hydrogen-bond acceptors (Lipinski definition) is 1. The predicted molar refractivity (Wildman–Crippen MR) is 79.9 cm³/mol. The van der Waals surface area contributed by atoms with Crippen LogP contribution in [0.25, 0.3) is 0 Å². The van der Waals surface area contributed by atoms with E-state index in [1.54, 1.807) is 0 Å². The van der Waals surface area contributed by atoms with E-state index in [0.717, 1.165) is 24.0 Å². The topological polar surface area (TPSA) is 20.3 Å². The van der Waals surface area contributed by atoms with Gasteiger partial charge in [0.1, 0.15) is 0 Å². The van der Waals surface area contributed by atoms with Crippen molar-refractivity contribution >= 4 is 17.5 Å². The van der Waals surface area contributed by atoms with E-state index in [-0.39, 0.29) is 11.3 Å². The molecule has 1 amide bonds. The SMILES string of the molecule is CC(C)(C)c1ccccc1C(=O)N(CCCl)C1CC1. The molecule has 19 heavy (non-hydrogen) atoms. The van der Waals surface area contributed by atoms with Gasteiger partial charge in [0.15, 0.2) is 0 Å². The summed E-state index contributed by atoms with van der Waals surface area (Å²) in [6.45, 7) is 7.07. The fraction of sp³-hybridized carbons (Fsp3) is 0.562. The number of carbonyl (C=O) groups is 1. The summed E-state index contributed by atoms with van der Waals surface area (Å²) >= 11 is 5.84. The van der Waals surface area contributed by atoms with E-state index >= 15 is 0 Å². The van der Waals surface area contributed by atoms with Gasteiger partial charge in [0.05, 0.1) is 0 Å². The molecule has 2 nitrogen and oxygen atoms in total. The molecule has 3 heteroatoms. The Bertz CT molecular complexity index is 460. The smallest absolute Gasteiger partial charge is 0.254 e. The molecule has 1 fully saturated rings. The third-order valence-corrected chi connectivity index (χ3v) is 3.71. The molecule has 1 aromatic carbocycles. The van der Waals surface area contributed by atoms with Crippen LogP contribution < -0.4 is 0 Å². The first-order chi connectivity index (χ1) is 8.95. The molecule has 1 aromatic rings. The number of rotatable bonds is 4. The van der Waals surface area contributed by atoms with Gasteiger partial charge in [0.25, 0.3) is 5.91 Å². The number of nitrogens with zero attached hydrogens (tertiary/aromatic N) is 1. The Hall–Kier alpha value is -1.02. The van der Waals surface area contributed by atoms with Crippen LogP contribution in [0, 0.1) is 0 Å². The zero-order valence-electron chi connectivity index (χ0n) is 11.9. The highest BCUT2D eigenvalue weighted by Crippen LogP contribution is 2.31. The van der Waals surface area contributed by atoms with Crippen LogP contribution in [0.3, 0.4) is 0 Å². The molecule has 0 bridgehead atoms. The summed E-state index contributed by atoms with van der Waals surface area (Å²) in [7, 11) is 0. The van der Waals surface area contributed by atoms with E-state index in [9.17, 15) is 4.79 Å². The van der Waals surface area contributed by atoms with Crippen LogP contribution in [0.15, 0.2) is 24.3 Å². The summed E-state index contributed by atoms with van der Waals surface area (Å²) in [6.07, 6.45) is 2.22. The summed E-state index contributed by atoms with van der Waals surface area (Å²) in [5, 5.41) is 0. The zero-order valence-corrected chi connectivity index (χ0v) is 12.7. The Labute approximate surface area is 120 Å². The van der Waals surface area contributed by atoms with Crippen molar-refractivity contribution in [3.8, 4) is 0 Å². The van der Waals surface area contributed by atoms with Crippen molar-refractivity contribution in [3.05, 3.63) is 35.4 Å². The van der Waals surface area contributed by atoms with Gasteiger partial charge in [-0.3, -0.25) is 4.79 Å². The van der Waals surface area contributed by atoms with Crippen LogP contribution in [0.4, 0.5) is 0 Å². The Kier molecular flexibility index (Phi) is 4.19. The molecule has 0 unspecified atom stereocenters. The van der Waals surface area contributed by atoms with E-state index in [2.05, 4.69) is 26.8 Å². The van der Waals surface area contributed by atoms with Crippen molar-refractivity contribution in [2.45, 2.75) is 45.1 Å². The third kappa shape index (κ3) is 3.30. The number of hydrogen-bond donors (Lipinski definition) is 0. The van der Waals surface area contributed by atoms with Crippen molar-refractivity contribution in [2.24, 2.45) is 0 Å². The van der Waals surface area contributed by atoms with Crippen LogP contribution in [-0.4, -0.2) is 29.3 Å². The highest BCUT2D eigenvalue weighted by atomic mass is 35.5. The van der Waals surface area contributed by atoms with Gasteiger partial charge in [-0.1, -0.05) is 39.0 Å². The van der Waals surface area contributed by atoms with Crippen LogP contribution in [0.2, 0.25) is 0 Å². The first kappa shape index (κ1) is 14.4. The summed E-state index contributed by atoms with van der Waals surface area (Å²) in [5.74, 6) is 0.633. The fourth-order valence-corrected chi connectivity index (χ4v) is 2.59. The molecule has 1 saturated carbocycles. The lowest BCUT2D eigenvalue weighted by Crippen LogP contribution is -2.36. The van der Waals surface area contributed by atoms with Gasteiger partial charge in [-0.2, -0.15) is 0 Å². The first-order valence-electron chi connectivity index (χ1n) is 6.91. The molecule has 0 radical (unpaired) electrons. The van der Waals surface area contributed by atoms with Gasteiger partial charge in [-0.25, -0.2) is 0 Å².